The van der Waals surface area contributed by atoms with Gasteiger partial charge in [-0.25, -0.2) is 0 Å². The van der Waals surface area contributed by atoms with Crippen LogP contribution >= 0.6 is 6.83 Å². The Kier molecular flexibility index (Phi) is 7.30. The molecule has 0 aromatic carbocycles. The molecule has 29 heavy (non-hydrogen) atoms. The van der Waals surface area contributed by atoms with Crippen LogP contribution in [0.4, 0.5) is 0 Å². The average molecular weight is 423 g/mol. The fourth-order valence-electron chi connectivity index (χ4n) is 8.92. The molecule has 0 N–H and O–H groups in total. The summed E-state index contributed by atoms with van der Waals surface area (Å²) in [5.74, 6) is 0.0926. The van der Waals surface area contributed by atoms with E-state index in [1.807, 2.05) is 0 Å². The van der Waals surface area contributed by atoms with Crippen molar-refractivity contribution in [3.05, 3.63) is 0 Å². The summed E-state index contributed by atoms with van der Waals surface area (Å²) < 4.78 is 7.28. The summed E-state index contributed by atoms with van der Waals surface area (Å²) in [6, 6.07) is 0. The Morgan fingerprint density at radius 2 is 0.759 bits per heavy atom. The second-order valence-electron chi connectivity index (χ2n) is 11.1. The first kappa shape index (κ1) is 22.1. The van der Waals surface area contributed by atoms with Crippen LogP contribution in [0.15, 0.2) is 0 Å². The molecule has 0 spiro atoms. The first-order chi connectivity index (χ1) is 14.2. The zero-order chi connectivity index (χ0) is 20.2. The molecular formula is C26H47O2P. The maximum atomic E-state index is 13.0. The van der Waals surface area contributed by atoms with Gasteiger partial charge in [0.15, 0.2) is 0 Å². The molecule has 4 aliphatic carbocycles. The molecule has 3 heteroatoms. The summed E-state index contributed by atoms with van der Waals surface area (Å²) in [7, 11) is 0. The number of carbonyl (C=O) groups excluding carboxylic acids is 1. The Bertz CT molecular complexity index is 451. The van der Waals surface area contributed by atoms with Crippen molar-refractivity contribution in [3.63, 3.8) is 0 Å². The van der Waals surface area contributed by atoms with Crippen LogP contribution in [0.2, 0.25) is 0 Å². The molecule has 2 nitrogen and oxygen atoms in total. The Hall–Kier alpha value is -0.100. The van der Waals surface area contributed by atoms with E-state index in [9.17, 15) is 4.79 Å². The molecule has 4 rings (SSSR count). The van der Waals surface area contributed by atoms with Gasteiger partial charge in [0, 0.05) is 0 Å². The van der Waals surface area contributed by atoms with Crippen LogP contribution in [0.1, 0.15) is 135 Å². The van der Waals surface area contributed by atoms with E-state index < -0.39 is 6.83 Å². The van der Waals surface area contributed by atoms with E-state index in [1.54, 1.807) is 6.92 Å². The van der Waals surface area contributed by atoms with E-state index in [1.165, 1.54) is 128 Å². The predicted molar refractivity (Wildman–Crippen MR) is 126 cm³/mol. The van der Waals surface area contributed by atoms with Crippen LogP contribution in [0.3, 0.4) is 0 Å². The van der Waals surface area contributed by atoms with E-state index in [4.69, 9.17) is 4.52 Å². The zero-order valence-electron chi connectivity index (χ0n) is 19.2. The van der Waals surface area contributed by atoms with Crippen molar-refractivity contribution in [2.24, 2.45) is 0 Å². The van der Waals surface area contributed by atoms with E-state index >= 15 is 0 Å². The molecule has 0 aromatic heterocycles. The van der Waals surface area contributed by atoms with Crippen molar-refractivity contribution in [2.45, 2.75) is 158 Å². The third kappa shape index (κ3) is 3.83. The standard InChI is InChI=1S/C26H47O2P/c1-22(27)28-29(23-14-6-2-7-15-23,24-16-8-3-9-17-24,25-18-10-4-11-19-25)26-20-12-5-13-21-26/h23-26H,2-21H2,1H3. The molecule has 4 aliphatic rings. The van der Waals surface area contributed by atoms with Crippen LogP contribution < -0.4 is 0 Å². The average Bonchev–Trinajstić information content (AvgIpc) is 2.80. The van der Waals surface area contributed by atoms with Gasteiger partial charge in [-0.2, -0.15) is 0 Å². The molecule has 0 aliphatic heterocycles. The van der Waals surface area contributed by atoms with E-state index in [-0.39, 0.29) is 5.97 Å². The van der Waals surface area contributed by atoms with Gasteiger partial charge in [0.2, 0.25) is 0 Å². The third-order valence-electron chi connectivity index (χ3n) is 9.76. The fourth-order valence-corrected chi connectivity index (χ4v) is 19.6. The second-order valence-corrected chi connectivity index (χ2v) is 16.8. The summed E-state index contributed by atoms with van der Waals surface area (Å²) in [6.07, 6.45) is 27.7. The summed E-state index contributed by atoms with van der Waals surface area (Å²) in [4.78, 5) is 13.0. The molecule has 0 saturated heterocycles. The van der Waals surface area contributed by atoms with Crippen LogP contribution in [0.25, 0.3) is 0 Å². The summed E-state index contributed by atoms with van der Waals surface area (Å²) in [5, 5.41) is 0. The SMILES string of the molecule is CC(=O)OP(C1CCCCC1)(C1CCCCC1)(C1CCCCC1)C1CCCCC1. The first-order valence-electron chi connectivity index (χ1n) is 13.4. The zero-order valence-corrected chi connectivity index (χ0v) is 20.1. The van der Waals surface area contributed by atoms with Crippen LogP contribution in [0.5, 0.6) is 0 Å². The van der Waals surface area contributed by atoms with Crippen LogP contribution in [0, 0.1) is 0 Å². The van der Waals surface area contributed by atoms with Crippen LogP contribution in [-0.2, 0) is 9.32 Å². The van der Waals surface area contributed by atoms with Gasteiger partial charge in [0.25, 0.3) is 0 Å². The van der Waals surface area contributed by atoms with Gasteiger partial charge < -0.3 is 0 Å². The van der Waals surface area contributed by atoms with Crippen LogP contribution in [-0.4, -0.2) is 28.6 Å². The monoisotopic (exact) mass is 422 g/mol. The number of carbonyl (C=O) groups is 1. The van der Waals surface area contributed by atoms with Gasteiger partial charge in [-0.15, -0.1) is 0 Å². The normalized spacial score (nSPS) is 28.5. The molecule has 0 aromatic rings. The molecule has 0 atom stereocenters. The molecule has 0 unspecified atom stereocenters. The van der Waals surface area contributed by atoms with Crippen molar-refractivity contribution < 1.29 is 9.32 Å². The van der Waals surface area contributed by atoms with E-state index in [0.717, 1.165) is 22.6 Å². The first-order valence-corrected chi connectivity index (χ1v) is 15.8. The van der Waals surface area contributed by atoms with Gasteiger partial charge in [-0.3, -0.25) is 0 Å². The van der Waals surface area contributed by atoms with Crippen molar-refractivity contribution in [2.75, 3.05) is 0 Å². The van der Waals surface area contributed by atoms with E-state index in [2.05, 4.69) is 0 Å². The molecule has 168 valence electrons. The molecule has 0 amide bonds. The Balaban J connectivity index is 1.90. The van der Waals surface area contributed by atoms with E-state index in [0.29, 0.717) is 0 Å². The third-order valence-corrected chi connectivity index (χ3v) is 18.8. The van der Waals surface area contributed by atoms with Gasteiger partial charge >= 0.3 is 180 Å². The minimum atomic E-state index is -2.68. The minimum absolute atomic E-state index is 0.0926. The topological polar surface area (TPSA) is 26.3 Å². The Morgan fingerprint density at radius 1 is 0.517 bits per heavy atom. The van der Waals surface area contributed by atoms with Gasteiger partial charge in [-0.1, -0.05) is 0 Å². The number of hydrogen-bond donors (Lipinski definition) is 0. The molecule has 0 bridgehead atoms. The van der Waals surface area contributed by atoms with Crippen molar-refractivity contribution in [1.82, 2.24) is 0 Å². The quantitative estimate of drug-likeness (QED) is 0.416. The molecule has 0 radical (unpaired) electrons. The predicted octanol–water partition coefficient (Wildman–Crippen LogP) is 8.35. The molecule has 4 saturated carbocycles. The summed E-state index contributed by atoms with van der Waals surface area (Å²) in [5.41, 5.74) is 2.97. The van der Waals surface area contributed by atoms with Crippen molar-refractivity contribution >= 4 is 12.8 Å². The molecular weight excluding hydrogens is 375 g/mol. The van der Waals surface area contributed by atoms with Crippen molar-refractivity contribution in [3.8, 4) is 0 Å². The fraction of sp³-hybridized carbons (Fsp3) is 0.962. The Morgan fingerprint density at radius 3 is 0.966 bits per heavy atom. The van der Waals surface area contributed by atoms with Gasteiger partial charge in [0.05, 0.1) is 0 Å². The van der Waals surface area contributed by atoms with Crippen molar-refractivity contribution in [1.29, 1.82) is 0 Å². The number of rotatable bonds is 5. The summed E-state index contributed by atoms with van der Waals surface area (Å²) >= 11 is 0. The molecule has 4 fully saturated rings. The van der Waals surface area contributed by atoms with Gasteiger partial charge in [-0.05, 0) is 0 Å². The Labute approximate surface area is 180 Å². The maximum absolute atomic E-state index is 13.0. The number of hydrogen-bond acceptors (Lipinski definition) is 2. The molecule has 0 heterocycles. The summed E-state index contributed by atoms with van der Waals surface area (Å²) in [6.45, 7) is -0.903. The van der Waals surface area contributed by atoms with Gasteiger partial charge in [0.1, 0.15) is 0 Å². The second kappa shape index (κ2) is 9.58.